The number of aryl methyl sites for hydroxylation is 1. The lowest BCUT2D eigenvalue weighted by molar-refractivity contribution is 0.00683. The first-order valence-electron chi connectivity index (χ1n) is 9.20. The zero-order chi connectivity index (χ0) is 17.4. The molecule has 0 unspecified atom stereocenters. The van der Waals surface area contributed by atoms with Crippen LogP contribution in [0.1, 0.15) is 23.7 Å². The number of aliphatic hydroxyl groups excluding tert-OH is 2. The van der Waals surface area contributed by atoms with Crippen molar-refractivity contribution in [3.8, 4) is 0 Å². The van der Waals surface area contributed by atoms with E-state index in [0.717, 1.165) is 17.4 Å². The Bertz CT molecular complexity index is 1320. The average Bonchev–Trinajstić information content (AvgIpc) is 2.68. The Labute approximate surface area is 150 Å². The molecule has 0 amide bonds. The predicted octanol–water partition coefficient (Wildman–Crippen LogP) is 5.08. The fourth-order valence-electron chi connectivity index (χ4n) is 4.91. The first-order valence-corrected chi connectivity index (χ1v) is 9.20. The minimum atomic E-state index is -0.790. The Morgan fingerprint density at radius 1 is 0.692 bits per heavy atom. The molecule has 0 bridgehead atoms. The quantitative estimate of drug-likeness (QED) is 0.305. The van der Waals surface area contributed by atoms with E-state index in [4.69, 9.17) is 0 Å². The summed E-state index contributed by atoms with van der Waals surface area (Å²) in [4.78, 5) is 0. The van der Waals surface area contributed by atoms with Gasteiger partial charge >= 0.3 is 0 Å². The Balaban J connectivity index is 1.85. The van der Waals surface area contributed by atoms with Crippen molar-refractivity contribution in [3.05, 3.63) is 71.8 Å². The van der Waals surface area contributed by atoms with Crippen molar-refractivity contribution in [1.29, 1.82) is 0 Å². The highest BCUT2D eigenvalue weighted by atomic mass is 16.3. The van der Waals surface area contributed by atoms with E-state index in [1.54, 1.807) is 0 Å². The molecule has 1 aliphatic rings. The molecule has 2 heteroatoms. The monoisotopic (exact) mass is 338 g/mol. The van der Waals surface area contributed by atoms with Crippen LogP contribution < -0.4 is 0 Å². The van der Waals surface area contributed by atoms with Gasteiger partial charge in [0.05, 0.1) is 6.10 Å². The van der Waals surface area contributed by atoms with Crippen LogP contribution in [0.4, 0.5) is 0 Å². The van der Waals surface area contributed by atoms with Gasteiger partial charge in [0.25, 0.3) is 0 Å². The highest BCUT2D eigenvalue weighted by Crippen LogP contribution is 2.43. The van der Waals surface area contributed by atoms with Crippen LogP contribution >= 0.6 is 0 Å². The van der Waals surface area contributed by atoms with Crippen molar-refractivity contribution < 1.29 is 10.2 Å². The average molecular weight is 338 g/mol. The summed E-state index contributed by atoms with van der Waals surface area (Å²) in [6.45, 7) is 0. The first kappa shape index (κ1) is 14.5. The van der Waals surface area contributed by atoms with Gasteiger partial charge in [0, 0.05) is 0 Å². The standard InChI is InChI=1S/C24H18O2/c25-21-10-9-17-19-8-5-14-11-13-3-1-2-4-16(13)18-7-6-15(23(19)22(14)18)12-20(17)24(21)26/h1-8,11-12,21,24-26H,9-10H2/t21-,24-/m0/s1. The fourth-order valence-corrected chi connectivity index (χ4v) is 4.91. The number of rotatable bonds is 0. The third-order valence-electron chi connectivity index (χ3n) is 6.14. The van der Waals surface area contributed by atoms with E-state index >= 15 is 0 Å². The van der Waals surface area contributed by atoms with Crippen LogP contribution in [-0.2, 0) is 6.42 Å². The van der Waals surface area contributed by atoms with Gasteiger partial charge in [-0.15, -0.1) is 0 Å². The van der Waals surface area contributed by atoms with Crippen LogP contribution in [0.3, 0.4) is 0 Å². The third kappa shape index (κ3) is 1.73. The Morgan fingerprint density at radius 2 is 1.42 bits per heavy atom. The summed E-state index contributed by atoms with van der Waals surface area (Å²) in [5.74, 6) is 0. The van der Waals surface area contributed by atoms with Gasteiger partial charge in [-0.3, -0.25) is 0 Å². The van der Waals surface area contributed by atoms with Crippen molar-refractivity contribution in [2.75, 3.05) is 0 Å². The molecule has 5 aromatic carbocycles. The molecule has 6 rings (SSSR count). The topological polar surface area (TPSA) is 40.5 Å². The lowest BCUT2D eigenvalue weighted by Gasteiger charge is -2.28. The molecule has 126 valence electrons. The molecule has 0 aromatic heterocycles. The van der Waals surface area contributed by atoms with Gasteiger partial charge in [-0.25, -0.2) is 0 Å². The Hall–Kier alpha value is -2.68. The molecule has 0 heterocycles. The highest BCUT2D eigenvalue weighted by molar-refractivity contribution is 6.29. The summed E-state index contributed by atoms with van der Waals surface area (Å²) in [7, 11) is 0. The third-order valence-corrected chi connectivity index (χ3v) is 6.14. The fraction of sp³-hybridized carbons (Fsp3) is 0.167. The molecular formula is C24H18O2. The van der Waals surface area contributed by atoms with Crippen LogP contribution in [0.25, 0.3) is 43.1 Å². The van der Waals surface area contributed by atoms with E-state index in [2.05, 4.69) is 60.7 Å². The first-order chi connectivity index (χ1) is 12.7. The molecular weight excluding hydrogens is 320 g/mol. The smallest absolute Gasteiger partial charge is 0.105 e. The lowest BCUT2D eigenvalue weighted by Crippen LogP contribution is -2.25. The minimum absolute atomic E-state index is 0.612. The number of benzene rings is 5. The largest absolute Gasteiger partial charge is 0.390 e. The number of fused-ring (bicyclic) bond motifs is 4. The predicted molar refractivity (Wildman–Crippen MR) is 107 cm³/mol. The second kappa shape index (κ2) is 4.94. The maximum absolute atomic E-state index is 10.5. The van der Waals surface area contributed by atoms with Crippen LogP contribution in [0.15, 0.2) is 60.7 Å². The zero-order valence-electron chi connectivity index (χ0n) is 14.2. The molecule has 0 spiro atoms. The van der Waals surface area contributed by atoms with E-state index in [1.807, 2.05) is 0 Å². The van der Waals surface area contributed by atoms with Crippen molar-refractivity contribution >= 4 is 43.1 Å². The van der Waals surface area contributed by atoms with Crippen molar-refractivity contribution in [2.24, 2.45) is 0 Å². The van der Waals surface area contributed by atoms with E-state index in [0.29, 0.717) is 6.42 Å². The van der Waals surface area contributed by atoms with E-state index in [9.17, 15) is 10.2 Å². The molecule has 5 aromatic rings. The zero-order valence-corrected chi connectivity index (χ0v) is 14.2. The number of hydrogen-bond donors (Lipinski definition) is 2. The molecule has 0 saturated heterocycles. The van der Waals surface area contributed by atoms with Crippen molar-refractivity contribution in [2.45, 2.75) is 25.0 Å². The molecule has 0 fully saturated rings. The lowest BCUT2D eigenvalue weighted by atomic mass is 9.81. The van der Waals surface area contributed by atoms with Crippen LogP contribution in [0.2, 0.25) is 0 Å². The van der Waals surface area contributed by atoms with Gasteiger partial charge in [0.2, 0.25) is 0 Å². The number of aliphatic hydroxyl groups is 2. The van der Waals surface area contributed by atoms with Gasteiger partial charge in [0.15, 0.2) is 0 Å². The summed E-state index contributed by atoms with van der Waals surface area (Å²) in [5, 5.41) is 30.6. The highest BCUT2D eigenvalue weighted by Gasteiger charge is 2.28. The van der Waals surface area contributed by atoms with Crippen LogP contribution in [0.5, 0.6) is 0 Å². The molecule has 2 N–H and O–H groups in total. The summed E-state index contributed by atoms with van der Waals surface area (Å²) < 4.78 is 0. The summed E-state index contributed by atoms with van der Waals surface area (Å²) in [6, 6.07) is 21.7. The second-order valence-electron chi connectivity index (χ2n) is 7.52. The van der Waals surface area contributed by atoms with E-state index in [-0.39, 0.29) is 0 Å². The minimum Gasteiger partial charge on any atom is -0.390 e. The van der Waals surface area contributed by atoms with Crippen molar-refractivity contribution in [3.63, 3.8) is 0 Å². The Kier molecular flexibility index (Phi) is 2.75. The molecule has 26 heavy (non-hydrogen) atoms. The van der Waals surface area contributed by atoms with Gasteiger partial charge in [-0.05, 0) is 79.2 Å². The van der Waals surface area contributed by atoms with E-state index < -0.39 is 12.2 Å². The molecule has 0 radical (unpaired) electrons. The summed E-state index contributed by atoms with van der Waals surface area (Å²) >= 11 is 0. The SMILES string of the molecule is O[C@H]1CCc2c(cc3ccc4c5ccccc5cc5ccc2c3c54)[C@@H]1O. The molecule has 0 saturated carbocycles. The summed E-state index contributed by atoms with van der Waals surface area (Å²) in [6.07, 6.45) is -0.0371. The molecule has 1 aliphatic carbocycles. The molecule has 2 atom stereocenters. The van der Waals surface area contributed by atoms with Gasteiger partial charge < -0.3 is 10.2 Å². The second-order valence-corrected chi connectivity index (χ2v) is 7.52. The van der Waals surface area contributed by atoms with E-state index in [1.165, 1.54) is 43.3 Å². The maximum atomic E-state index is 10.5. The molecule has 0 aliphatic heterocycles. The van der Waals surface area contributed by atoms with Crippen molar-refractivity contribution in [1.82, 2.24) is 0 Å². The van der Waals surface area contributed by atoms with Gasteiger partial charge in [0.1, 0.15) is 6.10 Å². The molecule has 2 nitrogen and oxygen atoms in total. The Morgan fingerprint density at radius 3 is 2.31 bits per heavy atom. The van der Waals surface area contributed by atoms with Crippen LogP contribution in [-0.4, -0.2) is 16.3 Å². The maximum Gasteiger partial charge on any atom is 0.105 e. The van der Waals surface area contributed by atoms with Gasteiger partial charge in [-0.1, -0.05) is 48.5 Å². The summed E-state index contributed by atoms with van der Waals surface area (Å²) in [5.41, 5.74) is 2.08. The van der Waals surface area contributed by atoms with Gasteiger partial charge in [-0.2, -0.15) is 0 Å². The normalized spacial score (nSPS) is 20.4. The number of hydrogen-bond acceptors (Lipinski definition) is 2. The van der Waals surface area contributed by atoms with Crippen LogP contribution in [0, 0.1) is 0 Å².